The molecule has 5 heteroatoms. The van der Waals surface area contributed by atoms with Crippen LogP contribution in [-0.4, -0.2) is 42.3 Å². The Labute approximate surface area is 154 Å². The Balaban J connectivity index is 1.63. The molecular weight excluding hydrogens is 328 g/mol. The molecule has 25 heavy (non-hydrogen) atoms. The number of piperazine rings is 1. The van der Waals surface area contributed by atoms with Crippen LogP contribution in [0.2, 0.25) is 0 Å². The van der Waals surface area contributed by atoms with Gasteiger partial charge in [-0.25, -0.2) is 4.98 Å². The lowest BCUT2D eigenvalue weighted by molar-refractivity contribution is 0.246. The summed E-state index contributed by atoms with van der Waals surface area (Å²) >= 11 is 1.54. The lowest BCUT2D eigenvalue weighted by Gasteiger charge is -2.36. The van der Waals surface area contributed by atoms with Crippen molar-refractivity contribution in [2.75, 3.05) is 37.3 Å². The predicted molar refractivity (Wildman–Crippen MR) is 104 cm³/mol. The molecule has 2 heterocycles. The van der Waals surface area contributed by atoms with E-state index in [1.54, 1.807) is 0 Å². The summed E-state index contributed by atoms with van der Waals surface area (Å²) in [5, 5.41) is 9.95. The number of benzene rings is 1. The quantitative estimate of drug-likeness (QED) is 0.787. The van der Waals surface area contributed by atoms with Gasteiger partial charge in [-0.05, 0) is 49.4 Å². The molecule has 1 fully saturated rings. The standard InChI is InChI=1S/C20H24N4S/c1-15-4-5-16(2)19(12-15)24-10-8-23(9-11-24)14-18-7-6-17(13-21)20(22-18)25-3/h4-7,12H,8-11,14H2,1-3H3. The van der Waals surface area contributed by atoms with Gasteiger partial charge in [0.05, 0.1) is 11.3 Å². The highest BCUT2D eigenvalue weighted by atomic mass is 32.2. The third-order valence-electron chi connectivity index (χ3n) is 4.69. The van der Waals surface area contributed by atoms with Crippen LogP contribution in [-0.2, 0) is 6.54 Å². The molecule has 130 valence electrons. The summed E-state index contributed by atoms with van der Waals surface area (Å²) in [6.45, 7) is 9.32. The number of anilines is 1. The minimum absolute atomic E-state index is 0.663. The molecule has 1 aliphatic rings. The Morgan fingerprint density at radius 1 is 1.12 bits per heavy atom. The normalized spacial score (nSPS) is 15.2. The smallest absolute Gasteiger partial charge is 0.114 e. The number of nitriles is 1. The summed E-state index contributed by atoms with van der Waals surface area (Å²) in [5.41, 5.74) is 5.73. The van der Waals surface area contributed by atoms with E-state index in [4.69, 9.17) is 5.26 Å². The number of aromatic nitrogens is 1. The Kier molecular flexibility index (Phi) is 5.62. The Bertz CT molecular complexity index is 789. The van der Waals surface area contributed by atoms with E-state index < -0.39 is 0 Å². The zero-order valence-corrected chi connectivity index (χ0v) is 15.9. The maximum absolute atomic E-state index is 9.12. The second kappa shape index (κ2) is 7.90. The van der Waals surface area contributed by atoms with Crippen molar-refractivity contribution < 1.29 is 0 Å². The fourth-order valence-corrected chi connectivity index (χ4v) is 3.79. The molecule has 3 rings (SSSR count). The SMILES string of the molecule is CSc1nc(CN2CCN(c3cc(C)ccc3C)CC2)ccc1C#N. The predicted octanol–water partition coefficient (Wildman–Crippen LogP) is 3.61. The van der Waals surface area contributed by atoms with Crippen molar-refractivity contribution in [3.8, 4) is 6.07 Å². The fraction of sp³-hybridized carbons (Fsp3) is 0.400. The first-order valence-electron chi connectivity index (χ1n) is 8.59. The minimum atomic E-state index is 0.663. The zero-order valence-electron chi connectivity index (χ0n) is 15.1. The topological polar surface area (TPSA) is 43.2 Å². The molecule has 0 bridgehead atoms. The first-order chi connectivity index (χ1) is 12.1. The fourth-order valence-electron chi connectivity index (χ4n) is 3.24. The highest BCUT2D eigenvalue weighted by molar-refractivity contribution is 7.98. The molecule has 0 saturated carbocycles. The van der Waals surface area contributed by atoms with E-state index in [1.807, 2.05) is 18.4 Å². The zero-order chi connectivity index (χ0) is 17.8. The van der Waals surface area contributed by atoms with Gasteiger partial charge in [0.1, 0.15) is 11.1 Å². The number of nitrogens with zero attached hydrogens (tertiary/aromatic N) is 4. The van der Waals surface area contributed by atoms with Crippen LogP contribution in [0.5, 0.6) is 0 Å². The van der Waals surface area contributed by atoms with Gasteiger partial charge in [-0.2, -0.15) is 5.26 Å². The van der Waals surface area contributed by atoms with E-state index in [0.29, 0.717) is 5.56 Å². The molecule has 1 saturated heterocycles. The summed E-state index contributed by atoms with van der Waals surface area (Å²) in [6.07, 6.45) is 1.97. The van der Waals surface area contributed by atoms with Crippen molar-refractivity contribution in [3.05, 3.63) is 52.7 Å². The highest BCUT2D eigenvalue weighted by Crippen LogP contribution is 2.23. The molecule has 1 aromatic carbocycles. The number of aryl methyl sites for hydroxylation is 2. The maximum Gasteiger partial charge on any atom is 0.114 e. The lowest BCUT2D eigenvalue weighted by atomic mass is 10.1. The average Bonchev–Trinajstić information content (AvgIpc) is 2.64. The molecule has 0 aliphatic carbocycles. The molecule has 0 atom stereocenters. The number of thioether (sulfide) groups is 1. The number of pyridine rings is 1. The number of hydrogen-bond donors (Lipinski definition) is 0. The third kappa shape index (κ3) is 4.15. The molecule has 0 spiro atoms. The summed E-state index contributed by atoms with van der Waals surface area (Å²) in [6, 6.07) is 12.8. The Hall–Kier alpha value is -2.03. The van der Waals surface area contributed by atoms with Gasteiger partial charge in [-0.15, -0.1) is 11.8 Å². The van der Waals surface area contributed by atoms with Crippen LogP contribution < -0.4 is 4.90 Å². The second-order valence-electron chi connectivity index (χ2n) is 6.52. The minimum Gasteiger partial charge on any atom is -0.369 e. The summed E-state index contributed by atoms with van der Waals surface area (Å²) in [4.78, 5) is 9.57. The Morgan fingerprint density at radius 3 is 2.56 bits per heavy atom. The van der Waals surface area contributed by atoms with Gasteiger partial charge in [0.25, 0.3) is 0 Å². The first kappa shape index (κ1) is 17.8. The van der Waals surface area contributed by atoms with E-state index in [2.05, 4.69) is 52.9 Å². The van der Waals surface area contributed by atoms with E-state index in [1.165, 1.54) is 28.6 Å². The van der Waals surface area contributed by atoms with Gasteiger partial charge in [0.2, 0.25) is 0 Å². The van der Waals surface area contributed by atoms with Crippen molar-refractivity contribution >= 4 is 17.4 Å². The summed E-state index contributed by atoms with van der Waals surface area (Å²) in [7, 11) is 0. The van der Waals surface area contributed by atoms with Crippen LogP contribution in [0, 0.1) is 25.2 Å². The molecule has 0 amide bonds. The van der Waals surface area contributed by atoms with Crippen molar-refractivity contribution in [2.24, 2.45) is 0 Å². The van der Waals surface area contributed by atoms with E-state index in [-0.39, 0.29) is 0 Å². The van der Waals surface area contributed by atoms with Crippen molar-refractivity contribution in [1.29, 1.82) is 5.26 Å². The van der Waals surface area contributed by atoms with Crippen LogP contribution in [0.3, 0.4) is 0 Å². The molecule has 1 aromatic heterocycles. The van der Waals surface area contributed by atoms with E-state index >= 15 is 0 Å². The van der Waals surface area contributed by atoms with Crippen molar-refractivity contribution in [1.82, 2.24) is 9.88 Å². The summed E-state index contributed by atoms with van der Waals surface area (Å²) in [5.74, 6) is 0. The molecular formula is C20H24N4S. The largest absolute Gasteiger partial charge is 0.369 e. The van der Waals surface area contributed by atoms with Crippen LogP contribution in [0.1, 0.15) is 22.4 Å². The number of rotatable bonds is 4. The van der Waals surface area contributed by atoms with E-state index in [0.717, 1.165) is 43.4 Å². The molecule has 0 radical (unpaired) electrons. The average molecular weight is 353 g/mol. The third-order valence-corrected chi connectivity index (χ3v) is 5.39. The van der Waals surface area contributed by atoms with Gasteiger partial charge >= 0.3 is 0 Å². The molecule has 0 unspecified atom stereocenters. The van der Waals surface area contributed by atoms with E-state index in [9.17, 15) is 0 Å². The van der Waals surface area contributed by atoms with Gasteiger partial charge in [0.15, 0.2) is 0 Å². The lowest BCUT2D eigenvalue weighted by Crippen LogP contribution is -2.46. The van der Waals surface area contributed by atoms with Gasteiger partial charge in [0, 0.05) is 38.4 Å². The Morgan fingerprint density at radius 2 is 1.88 bits per heavy atom. The van der Waals surface area contributed by atoms with Gasteiger partial charge < -0.3 is 4.90 Å². The van der Waals surface area contributed by atoms with Crippen LogP contribution in [0.4, 0.5) is 5.69 Å². The second-order valence-corrected chi connectivity index (χ2v) is 7.32. The van der Waals surface area contributed by atoms with Crippen LogP contribution in [0.15, 0.2) is 35.4 Å². The highest BCUT2D eigenvalue weighted by Gasteiger charge is 2.19. The maximum atomic E-state index is 9.12. The van der Waals surface area contributed by atoms with Gasteiger partial charge in [-0.3, -0.25) is 4.90 Å². The number of hydrogen-bond acceptors (Lipinski definition) is 5. The first-order valence-corrected chi connectivity index (χ1v) is 9.81. The monoisotopic (exact) mass is 352 g/mol. The molecule has 0 N–H and O–H groups in total. The summed E-state index contributed by atoms with van der Waals surface area (Å²) < 4.78 is 0. The molecule has 2 aromatic rings. The van der Waals surface area contributed by atoms with Crippen molar-refractivity contribution in [3.63, 3.8) is 0 Å². The van der Waals surface area contributed by atoms with Crippen molar-refractivity contribution in [2.45, 2.75) is 25.4 Å². The molecule has 4 nitrogen and oxygen atoms in total. The molecule has 1 aliphatic heterocycles. The van der Waals surface area contributed by atoms with Crippen LogP contribution in [0.25, 0.3) is 0 Å². The van der Waals surface area contributed by atoms with Gasteiger partial charge in [-0.1, -0.05) is 12.1 Å². The van der Waals surface area contributed by atoms with Crippen LogP contribution >= 0.6 is 11.8 Å².